The number of aromatic nitrogens is 1. The van der Waals surface area contributed by atoms with Crippen LogP contribution in [0.4, 0.5) is 4.79 Å². The number of rotatable bonds is 8. The minimum atomic E-state index is -0.526. The van der Waals surface area contributed by atoms with Crippen LogP contribution in [0.15, 0.2) is 29.5 Å². The number of nitrogens with zero attached hydrogens (tertiary/aromatic N) is 3. The average molecular weight is 505 g/mol. The zero-order valence-corrected chi connectivity index (χ0v) is 20.3. The fraction of sp³-hybridized carbons (Fsp3) is 0.650. The third kappa shape index (κ3) is 12.0. The summed E-state index contributed by atoms with van der Waals surface area (Å²) in [6.45, 7) is 14.3. The molecule has 28 heavy (non-hydrogen) atoms. The molecule has 0 aliphatic rings. The third-order valence-corrected chi connectivity index (χ3v) is 3.37. The highest BCUT2D eigenvalue weighted by Gasteiger charge is 2.22. The zero-order valence-electron chi connectivity index (χ0n) is 18.0. The zero-order chi connectivity index (χ0) is 20.3. The topological polar surface area (TPSA) is 78.9 Å². The molecule has 0 saturated carbocycles. The van der Waals surface area contributed by atoms with Crippen molar-refractivity contribution in [3.05, 3.63) is 30.1 Å². The van der Waals surface area contributed by atoms with Gasteiger partial charge in [0.05, 0.1) is 6.54 Å². The second-order valence-corrected chi connectivity index (χ2v) is 7.68. The van der Waals surface area contributed by atoms with Gasteiger partial charge in [-0.3, -0.25) is 9.98 Å². The van der Waals surface area contributed by atoms with Gasteiger partial charge in [0.15, 0.2) is 5.96 Å². The molecule has 0 aliphatic carbocycles. The number of hydrogen-bond donors (Lipinski definition) is 2. The van der Waals surface area contributed by atoms with E-state index in [1.807, 2.05) is 39.8 Å². The number of guanidine groups is 1. The van der Waals surface area contributed by atoms with Crippen molar-refractivity contribution in [3.63, 3.8) is 0 Å². The molecule has 0 unspecified atom stereocenters. The van der Waals surface area contributed by atoms with Gasteiger partial charge in [-0.15, -0.1) is 24.0 Å². The monoisotopic (exact) mass is 505 g/mol. The van der Waals surface area contributed by atoms with E-state index in [4.69, 9.17) is 4.74 Å². The smallest absolute Gasteiger partial charge is 0.410 e. The molecular weight excluding hydrogens is 469 g/mol. The summed E-state index contributed by atoms with van der Waals surface area (Å²) in [5.74, 6) is 0.795. The van der Waals surface area contributed by atoms with E-state index >= 15 is 0 Å². The molecule has 1 rings (SSSR count). The van der Waals surface area contributed by atoms with Crippen LogP contribution in [0, 0.1) is 0 Å². The maximum absolute atomic E-state index is 12.6. The summed E-state index contributed by atoms with van der Waals surface area (Å²) in [7, 11) is 0. The second-order valence-electron chi connectivity index (χ2n) is 7.68. The first-order chi connectivity index (χ1) is 12.7. The molecule has 0 aromatic carbocycles. The Kier molecular flexibility index (Phi) is 12.8. The molecule has 1 amide bonds. The molecule has 0 atom stereocenters. The van der Waals surface area contributed by atoms with Crippen LogP contribution in [0.1, 0.15) is 53.5 Å². The van der Waals surface area contributed by atoms with Gasteiger partial charge in [0.1, 0.15) is 5.60 Å². The molecule has 160 valence electrons. The second kappa shape index (κ2) is 13.6. The molecule has 1 heterocycles. The Morgan fingerprint density at radius 3 is 2.61 bits per heavy atom. The maximum atomic E-state index is 12.6. The van der Waals surface area contributed by atoms with Gasteiger partial charge >= 0.3 is 6.09 Å². The van der Waals surface area contributed by atoms with Crippen molar-refractivity contribution in [2.75, 3.05) is 19.6 Å². The van der Waals surface area contributed by atoms with E-state index in [-0.39, 0.29) is 30.1 Å². The highest BCUT2D eigenvalue weighted by atomic mass is 127. The predicted octanol–water partition coefficient (Wildman–Crippen LogP) is 3.79. The number of aliphatic imine (C=N–C) groups is 1. The fourth-order valence-electron chi connectivity index (χ4n) is 2.32. The van der Waals surface area contributed by atoms with E-state index in [1.165, 1.54) is 0 Å². The van der Waals surface area contributed by atoms with Crippen molar-refractivity contribution >= 4 is 36.0 Å². The van der Waals surface area contributed by atoms with Crippen molar-refractivity contribution in [3.8, 4) is 0 Å². The number of hydrogen-bond acceptors (Lipinski definition) is 4. The molecule has 8 heteroatoms. The summed E-state index contributed by atoms with van der Waals surface area (Å²) in [5.41, 5.74) is 0.448. The van der Waals surface area contributed by atoms with Crippen molar-refractivity contribution in [1.82, 2.24) is 20.5 Å². The lowest BCUT2D eigenvalue weighted by atomic mass is 10.2. The van der Waals surface area contributed by atoms with Gasteiger partial charge in [0.25, 0.3) is 0 Å². The van der Waals surface area contributed by atoms with Crippen LogP contribution in [0.5, 0.6) is 0 Å². The summed E-state index contributed by atoms with van der Waals surface area (Å²) in [4.78, 5) is 23.0. The lowest BCUT2D eigenvalue weighted by Gasteiger charge is -2.27. The Morgan fingerprint density at radius 1 is 1.36 bits per heavy atom. The van der Waals surface area contributed by atoms with Gasteiger partial charge in [-0.2, -0.15) is 0 Å². The lowest BCUT2D eigenvalue weighted by molar-refractivity contribution is 0.0232. The van der Waals surface area contributed by atoms with Crippen LogP contribution >= 0.6 is 24.0 Å². The van der Waals surface area contributed by atoms with Crippen LogP contribution in [0.3, 0.4) is 0 Å². The molecule has 0 saturated heterocycles. The van der Waals surface area contributed by atoms with E-state index in [9.17, 15) is 4.79 Å². The number of pyridine rings is 1. The van der Waals surface area contributed by atoms with Crippen molar-refractivity contribution in [2.45, 2.75) is 66.2 Å². The predicted molar refractivity (Wildman–Crippen MR) is 125 cm³/mol. The fourth-order valence-corrected chi connectivity index (χ4v) is 2.32. The molecule has 0 spiro atoms. The lowest BCUT2D eigenvalue weighted by Crippen LogP contribution is -2.41. The first-order valence-corrected chi connectivity index (χ1v) is 9.63. The molecule has 0 radical (unpaired) electrons. The maximum Gasteiger partial charge on any atom is 0.410 e. The molecule has 7 nitrogen and oxygen atoms in total. The largest absolute Gasteiger partial charge is 0.444 e. The van der Waals surface area contributed by atoms with Gasteiger partial charge < -0.3 is 20.3 Å². The molecule has 0 aliphatic heterocycles. The van der Waals surface area contributed by atoms with E-state index in [0.717, 1.165) is 24.5 Å². The summed E-state index contributed by atoms with van der Waals surface area (Å²) in [5, 5.41) is 6.51. The molecule has 0 bridgehead atoms. The van der Waals surface area contributed by atoms with E-state index in [2.05, 4.69) is 34.5 Å². The number of nitrogens with one attached hydrogen (secondary N) is 2. The van der Waals surface area contributed by atoms with Crippen LogP contribution in [-0.4, -0.2) is 53.2 Å². The van der Waals surface area contributed by atoms with Crippen molar-refractivity contribution in [2.24, 2.45) is 4.99 Å². The normalized spacial score (nSPS) is 11.6. The first-order valence-electron chi connectivity index (χ1n) is 9.63. The van der Waals surface area contributed by atoms with E-state index < -0.39 is 5.60 Å². The van der Waals surface area contributed by atoms with Crippen LogP contribution in [0.25, 0.3) is 0 Å². The SMILES string of the molecule is CCNC(=NCCCN(Cc1cccnc1)C(=O)OC(C)(C)C)NC(C)C.I. The highest BCUT2D eigenvalue weighted by molar-refractivity contribution is 14.0. The van der Waals surface area contributed by atoms with E-state index in [1.54, 1.807) is 17.3 Å². The number of ether oxygens (including phenoxy) is 1. The van der Waals surface area contributed by atoms with Gasteiger partial charge in [-0.1, -0.05) is 6.07 Å². The standard InChI is InChI=1S/C20H35N5O2.HI/c1-7-22-18(24-16(2)3)23-12-9-13-25(19(26)27-20(4,5)6)15-17-10-8-11-21-14-17;/h8,10-11,14,16H,7,9,12-13,15H2,1-6H3,(H2,22,23,24);1H. The Hall–Kier alpha value is -1.58. The Bertz CT molecular complexity index is 588. The van der Waals surface area contributed by atoms with E-state index in [0.29, 0.717) is 25.7 Å². The molecular formula is C20H36IN5O2. The summed E-state index contributed by atoms with van der Waals surface area (Å²) < 4.78 is 5.55. The quantitative estimate of drug-likeness (QED) is 0.243. The van der Waals surface area contributed by atoms with Crippen molar-refractivity contribution < 1.29 is 9.53 Å². The minimum absolute atomic E-state index is 0. The number of carbonyl (C=O) groups excluding carboxylic acids is 1. The first kappa shape index (κ1) is 26.4. The summed E-state index contributed by atoms with van der Waals surface area (Å²) >= 11 is 0. The Balaban J connectivity index is 0.00000729. The Morgan fingerprint density at radius 2 is 2.07 bits per heavy atom. The van der Waals surface area contributed by atoms with Crippen LogP contribution < -0.4 is 10.6 Å². The number of amides is 1. The molecule has 1 aromatic heterocycles. The number of halogens is 1. The summed E-state index contributed by atoms with van der Waals surface area (Å²) in [6, 6.07) is 4.14. The molecule has 1 aromatic rings. The van der Waals surface area contributed by atoms with Gasteiger partial charge in [0, 0.05) is 38.1 Å². The van der Waals surface area contributed by atoms with Gasteiger partial charge in [0.2, 0.25) is 0 Å². The average Bonchev–Trinajstić information content (AvgIpc) is 2.56. The van der Waals surface area contributed by atoms with Crippen LogP contribution in [0.2, 0.25) is 0 Å². The number of carbonyl (C=O) groups is 1. The molecule has 0 fully saturated rings. The van der Waals surface area contributed by atoms with Crippen LogP contribution in [-0.2, 0) is 11.3 Å². The van der Waals surface area contributed by atoms with Crippen molar-refractivity contribution in [1.29, 1.82) is 0 Å². The minimum Gasteiger partial charge on any atom is -0.444 e. The Labute approximate surface area is 186 Å². The van der Waals surface area contributed by atoms with Gasteiger partial charge in [-0.25, -0.2) is 4.79 Å². The molecule has 2 N–H and O–H groups in total. The third-order valence-electron chi connectivity index (χ3n) is 3.37. The van der Waals surface area contributed by atoms with Gasteiger partial charge in [-0.05, 0) is 59.6 Å². The highest BCUT2D eigenvalue weighted by Crippen LogP contribution is 2.13. The summed E-state index contributed by atoms with van der Waals surface area (Å²) in [6.07, 6.45) is 3.92.